The molecule has 0 aliphatic rings. The first-order valence-corrected chi connectivity index (χ1v) is 6.98. The number of rotatable bonds is 2. The van der Waals surface area contributed by atoms with Crippen molar-refractivity contribution >= 4 is 32.4 Å². The molecule has 2 nitrogen and oxygen atoms in total. The average Bonchev–Trinajstić information content (AvgIpc) is 2.08. The Morgan fingerprint density at radius 3 is 2.36 bits per heavy atom. The average molecular weight is 324 g/mol. The van der Waals surface area contributed by atoms with Gasteiger partial charge in [0.1, 0.15) is 0 Å². The molecule has 0 bridgehead atoms. The quantitative estimate of drug-likeness (QED) is 0.784. The number of benzene rings is 1. The zero-order valence-corrected chi connectivity index (χ0v) is 11.4. The van der Waals surface area contributed by atoms with E-state index in [9.17, 15) is 8.42 Å². The van der Waals surface area contributed by atoms with E-state index in [2.05, 4.69) is 22.6 Å². The lowest BCUT2D eigenvalue weighted by Crippen LogP contribution is -2.15. The molecular weight excluding hydrogens is 311 g/mol. The van der Waals surface area contributed by atoms with Gasteiger partial charge in [-0.15, -0.1) is 0 Å². The van der Waals surface area contributed by atoms with E-state index in [4.69, 9.17) is 0 Å². The molecule has 0 aromatic heterocycles. The van der Waals surface area contributed by atoms with Crippen molar-refractivity contribution in [1.29, 1.82) is 0 Å². The van der Waals surface area contributed by atoms with Crippen LogP contribution in [0.15, 0.2) is 23.1 Å². The highest BCUT2D eigenvalue weighted by Gasteiger charge is 2.21. The molecule has 4 heteroatoms. The lowest BCUT2D eigenvalue weighted by atomic mass is 10.2. The molecule has 0 N–H and O–H groups in total. The Morgan fingerprint density at radius 1 is 1.29 bits per heavy atom. The van der Waals surface area contributed by atoms with Gasteiger partial charge in [-0.1, -0.05) is 6.07 Å². The van der Waals surface area contributed by atoms with Crippen molar-refractivity contribution in [2.24, 2.45) is 0 Å². The molecular formula is C10H13IO2S. The van der Waals surface area contributed by atoms with Crippen molar-refractivity contribution in [2.45, 2.75) is 30.9 Å². The van der Waals surface area contributed by atoms with Crippen LogP contribution in [0, 0.1) is 10.5 Å². The first-order chi connectivity index (χ1) is 6.35. The van der Waals surface area contributed by atoms with Crippen molar-refractivity contribution in [1.82, 2.24) is 0 Å². The van der Waals surface area contributed by atoms with Gasteiger partial charge in [-0.05, 0) is 61.1 Å². The molecule has 0 spiro atoms. The van der Waals surface area contributed by atoms with E-state index >= 15 is 0 Å². The molecule has 14 heavy (non-hydrogen) atoms. The first kappa shape index (κ1) is 12.0. The molecule has 0 fully saturated rings. The van der Waals surface area contributed by atoms with Crippen molar-refractivity contribution in [3.63, 3.8) is 0 Å². The summed E-state index contributed by atoms with van der Waals surface area (Å²) >= 11 is 2.12. The molecule has 1 rings (SSSR count). The molecule has 0 heterocycles. The standard InChI is InChI=1S/C10H13IO2S/c1-7(2)14(12,13)10-6-9(11)5-4-8(10)3/h4-7H,1-3H3. The Hall–Kier alpha value is -0.100. The zero-order chi connectivity index (χ0) is 10.9. The van der Waals surface area contributed by atoms with Crippen LogP contribution in [-0.2, 0) is 9.84 Å². The maximum Gasteiger partial charge on any atom is 0.180 e. The summed E-state index contributed by atoms with van der Waals surface area (Å²) in [5.74, 6) is 0. The van der Waals surface area contributed by atoms with Gasteiger partial charge in [-0.25, -0.2) is 8.42 Å². The SMILES string of the molecule is Cc1ccc(I)cc1S(=O)(=O)C(C)C. The largest absolute Gasteiger partial charge is 0.223 e. The Kier molecular flexibility index (Phi) is 3.58. The second-order valence-corrected chi connectivity index (χ2v) is 7.22. The van der Waals surface area contributed by atoms with Crippen molar-refractivity contribution in [2.75, 3.05) is 0 Å². The van der Waals surface area contributed by atoms with Gasteiger partial charge in [0.15, 0.2) is 9.84 Å². The predicted molar refractivity (Wildman–Crippen MR) is 66.2 cm³/mol. The van der Waals surface area contributed by atoms with Crippen LogP contribution in [0.2, 0.25) is 0 Å². The lowest BCUT2D eigenvalue weighted by molar-refractivity contribution is 0.586. The van der Waals surface area contributed by atoms with Crippen LogP contribution in [0.25, 0.3) is 0 Å². The summed E-state index contributed by atoms with van der Waals surface area (Å²) in [6.07, 6.45) is 0. The van der Waals surface area contributed by atoms with Crippen LogP contribution < -0.4 is 0 Å². The molecule has 0 unspecified atom stereocenters. The van der Waals surface area contributed by atoms with Crippen LogP contribution in [-0.4, -0.2) is 13.7 Å². The van der Waals surface area contributed by atoms with Gasteiger partial charge in [-0.3, -0.25) is 0 Å². The van der Waals surface area contributed by atoms with Gasteiger partial charge in [0.25, 0.3) is 0 Å². The third-order valence-corrected chi connectivity index (χ3v) is 5.04. The molecule has 0 aliphatic carbocycles. The highest BCUT2D eigenvalue weighted by atomic mass is 127. The minimum atomic E-state index is -3.13. The number of hydrogen-bond acceptors (Lipinski definition) is 2. The maximum absolute atomic E-state index is 11.9. The smallest absolute Gasteiger partial charge is 0.180 e. The van der Waals surface area contributed by atoms with Gasteiger partial charge in [0, 0.05) is 3.57 Å². The number of hydrogen-bond donors (Lipinski definition) is 0. The minimum Gasteiger partial charge on any atom is -0.223 e. The molecule has 1 aromatic rings. The Labute approximate surface area is 98.8 Å². The van der Waals surface area contributed by atoms with E-state index in [0.29, 0.717) is 4.90 Å². The van der Waals surface area contributed by atoms with E-state index in [-0.39, 0.29) is 5.25 Å². The fraction of sp³-hybridized carbons (Fsp3) is 0.400. The summed E-state index contributed by atoms with van der Waals surface area (Å²) < 4.78 is 24.8. The fourth-order valence-electron chi connectivity index (χ4n) is 1.13. The van der Waals surface area contributed by atoms with Crippen LogP contribution in [0.3, 0.4) is 0 Å². The van der Waals surface area contributed by atoms with Gasteiger partial charge < -0.3 is 0 Å². The predicted octanol–water partition coefficient (Wildman–Crippen LogP) is 2.78. The Morgan fingerprint density at radius 2 is 1.86 bits per heavy atom. The second kappa shape index (κ2) is 4.18. The summed E-state index contributed by atoms with van der Waals surface area (Å²) in [7, 11) is -3.13. The monoisotopic (exact) mass is 324 g/mol. The van der Waals surface area contributed by atoms with Crippen LogP contribution in [0.5, 0.6) is 0 Å². The summed E-state index contributed by atoms with van der Waals surface area (Å²) in [6.45, 7) is 5.23. The van der Waals surface area contributed by atoms with Gasteiger partial charge in [0.05, 0.1) is 10.1 Å². The number of sulfone groups is 1. The molecule has 0 atom stereocenters. The molecule has 1 aromatic carbocycles. The summed E-state index contributed by atoms with van der Waals surface area (Å²) in [5.41, 5.74) is 0.819. The van der Waals surface area contributed by atoms with E-state index in [1.807, 2.05) is 19.1 Å². The molecule has 0 radical (unpaired) electrons. The second-order valence-electron chi connectivity index (χ2n) is 3.50. The van der Waals surface area contributed by atoms with Crippen molar-refractivity contribution < 1.29 is 8.42 Å². The molecule has 78 valence electrons. The van der Waals surface area contributed by atoms with E-state index < -0.39 is 9.84 Å². The molecule has 0 saturated carbocycles. The Bertz CT molecular complexity index is 435. The van der Waals surface area contributed by atoms with Gasteiger partial charge >= 0.3 is 0 Å². The maximum atomic E-state index is 11.9. The van der Waals surface area contributed by atoms with Crippen molar-refractivity contribution in [3.05, 3.63) is 27.3 Å². The van der Waals surface area contributed by atoms with Gasteiger partial charge in [0.2, 0.25) is 0 Å². The Balaban J connectivity index is 3.40. The summed E-state index contributed by atoms with van der Waals surface area (Å²) in [5, 5.41) is -0.362. The molecule has 0 amide bonds. The topological polar surface area (TPSA) is 34.1 Å². The molecule has 0 saturated heterocycles. The normalized spacial score (nSPS) is 12.1. The number of halogens is 1. The summed E-state index contributed by atoms with van der Waals surface area (Å²) in [4.78, 5) is 0.458. The minimum absolute atomic E-state index is 0.362. The third kappa shape index (κ3) is 2.28. The zero-order valence-electron chi connectivity index (χ0n) is 8.41. The fourth-order valence-corrected chi connectivity index (χ4v) is 3.15. The summed E-state index contributed by atoms with van der Waals surface area (Å²) in [6, 6.07) is 5.48. The van der Waals surface area contributed by atoms with Crippen molar-refractivity contribution in [3.8, 4) is 0 Å². The van der Waals surface area contributed by atoms with Crippen LogP contribution >= 0.6 is 22.6 Å². The lowest BCUT2D eigenvalue weighted by Gasteiger charge is -2.10. The first-order valence-electron chi connectivity index (χ1n) is 4.35. The van der Waals surface area contributed by atoms with Crippen LogP contribution in [0.4, 0.5) is 0 Å². The third-order valence-electron chi connectivity index (χ3n) is 2.08. The molecule has 0 aliphatic heterocycles. The highest BCUT2D eigenvalue weighted by Crippen LogP contribution is 2.22. The van der Waals surface area contributed by atoms with E-state index in [0.717, 1.165) is 9.13 Å². The van der Waals surface area contributed by atoms with Crippen LogP contribution in [0.1, 0.15) is 19.4 Å². The van der Waals surface area contributed by atoms with E-state index in [1.54, 1.807) is 19.9 Å². The number of aryl methyl sites for hydroxylation is 1. The van der Waals surface area contributed by atoms with Gasteiger partial charge in [-0.2, -0.15) is 0 Å². The van der Waals surface area contributed by atoms with E-state index in [1.165, 1.54) is 0 Å². The highest BCUT2D eigenvalue weighted by molar-refractivity contribution is 14.1.